The molecule has 0 unspecified atom stereocenters. The molecule has 1 aromatic carbocycles. The van der Waals surface area contributed by atoms with Crippen molar-refractivity contribution < 1.29 is 19.1 Å². The molecule has 0 amide bonds. The van der Waals surface area contributed by atoms with Crippen LogP contribution in [0.4, 0.5) is 0 Å². The molecule has 1 heterocycles. The predicted octanol–water partition coefficient (Wildman–Crippen LogP) is 0.568. The summed E-state index contributed by atoms with van der Waals surface area (Å²) in [7, 11) is 3.20. The van der Waals surface area contributed by atoms with E-state index in [0.717, 1.165) is 32.3 Å². The monoisotopic (exact) mass is 348 g/mol. The van der Waals surface area contributed by atoms with E-state index in [1.54, 1.807) is 14.2 Å². The number of aromatic amines is 1. The van der Waals surface area contributed by atoms with Crippen molar-refractivity contribution in [2.24, 2.45) is 5.16 Å². The van der Waals surface area contributed by atoms with Gasteiger partial charge in [-0.15, -0.1) is 6.42 Å². The molecule has 0 fully saturated rings. The summed E-state index contributed by atoms with van der Waals surface area (Å²) in [4.78, 5) is 20.8. The van der Waals surface area contributed by atoms with Crippen molar-refractivity contribution in [3.05, 3.63) is 44.4 Å². The van der Waals surface area contributed by atoms with Crippen molar-refractivity contribution in [2.75, 3.05) is 20.8 Å². The van der Waals surface area contributed by atoms with Gasteiger partial charge in [0.2, 0.25) is 0 Å². The number of terminal acetylenes is 1. The lowest BCUT2D eigenvalue weighted by atomic mass is 9.97. The zero-order valence-corrected chi connectivity index (χ0v) is 14.4. The number of oxime groups is 1. The number of methoxy groups -OCH3 is 2. The zero-order valence-electron chi connectivity index (χ0n) is 14.4. The Labute approximate surface area is 149 Å². The summed E-state index contributed by atoms with van der Waals surface area (Å²) >= 11 is 0. The van der Waals surface area contributed by atoms with E-state index in [1.165, 1.54) is 0 Å². The summed E-state index contributed by atoms with van der Waals surface area (Å²) in [6.45, 7) is 0.0147. The maximum Gasteiger partial charge on any atom is 0.189 e. The highest BCUT2D eigenvalue weighted by molar-refractivity contribution is 6.48. The number of nitrogens with one attached hydrogen (secondary N) is 1. The van der Waals surface area contributed by atoms with Gasteiger partial charge in [0.15, 0.2) is 29.6 Å². The molecule has 1 N–H and O–H groups in total. The van der Waals surface area contributed by atoms with Gasteiger partial charge < -0.3 is 19.3 Å². The number of aromatic nitrogens is 1. The Hall–Kier alpha value is -3.46. The number of carbonyl (C=O) groups is 1. The van der Waals surface area contributed by atoms with Gasteiger partial charge in [-0.3, -0.25) is 4.79 Å². The molecule has 2 aliphatic carbocycles. The second-order valence-electron chi connectivity index (χ2n) is 5.89. The summed E-state index contributed by atoms with van der Waals surface area (Å²) in [6, 6.07) is 3.83. The van der Waals surface area contributed by atoms with Crippen molar-refractivity contribution in [1.82, 2.24) is 4.98 Å². The smallest absolute Gasteiger partial charge is 0.189 e. The first kappa shape index (κ1) is 16.0. The number of benzene rings is 1. The van der Waals surface area contributed by atoms with Crippen LogP contribution in [0.2, 0.25) is 0 Å². The van der Waals surface area contributed by atoms with Crippen LogP contribution in [0.25, 0.3) is 12.2 Å². The molecule has 130 valence electrons. The lowest BCUT2D eigenvalue weighted by molar-refractivity contribution is -0.112. The molecule has 0 atom stereocenters. The highest BCUT2D eigenvalue weighted by Gasteiger charge is 2.26. The van der Waals surface area contributed by atoms with E-state index < -0.39 is 0 Å². The Morgan fingerprint density at radius 2 is 2.04 bits per heavy atom. The van der Waals surface area contributed by atoms with Crippen LogP contribution in [0.5, 0.6) is 11.5 Å². The van der Waals surface area contributed by atoms with Gasteiger partial charge in [-0.2, -0.15) is 0 Å². The molecule has 2 aliphatic rings. The molecule has 0 saturated heterocycles. The maximum absolute atomic E-state index is 12.4. The molecule has 4 rings (SSSR count). The SMILES string of the molecule is C#CCON=C1C(=O)CC=c2[nH]c3c(c21)C=c1cc(OC)c(OC)cc1=3. The number of Topliss-reactive ketones (excluding diaryl/α,β-unsaturated/α-hetero) is 1. The summed E-state index contributed by atoms with van der Waals surface area (Å²) in [5.41, 5.74) is 1.93. The van der Waals surface area contributed by atoms with Gasteiger partial charge in [0.25, 0.3) is 0 Å². The van der Waals surface area contributed by atoms with Gasteiger partial charge in [0.1, 0.15) is 0 Å². The number of hydrogen-bond donors (Lipinski definition) is 1. The average molecular weight is 348 g/mol. The van der Waals surface area contributed by atoms with Crippen molar-refractivity contribution in [1.29, 1.82) is 0 Å². The summed E-state index contributed by atoms with van der Waals surface area (Å²) in [5.74, 6) is 3.53. The minimum Gasteiger partial charge on any atom is -0.493 e. The molecule has 6 heteroatoms. The highest BCUT2D eigenvalue weighted by Crippen LogP contribution is 2.26. The van der Waals surface area contributed by atoms with E-state index in [4.69, 9.17) is 20.7 Å². The van der Waals surface area contributed by atoms with Gasteiger partial charge in [-0.05, 0) is 23.4 Å². The molecule has 0 aliphatic heterocycles. The van der Waals surface area contributed by atoms with E-state index >= 15 is 0 Å². The Morgan fingerprint density at radius 1 is 1.27 bits per heavy atom. The molecule has 0 saturated carbocycles. The summed E-state index contributed by atoms with van der Waals surface area (Å²) < 4.78 is 10.8. The standard InChI is InChI=1S/C20H16N2O4/c1-4-7-26-22-20-15(23)6-5-14-18(20)13-8-11-9-16(24-2)17(25-3)10-12(11)19(13)21-14/h1,5,8-10,21H,6-7H2,2-3H3. The largest absolute Gasteiger partial charge is 0.493 e. The average Bonchev–Trinajstić information content (AvgIpc) is 3.18. The van der Waals surface area contributed by atoms with Gasteiger partial charge >= 0.3 is 0 Å². The molecule has 0 bridgehead atoms. The zero-order chi connectivity index (χ0) is 18.3. The first-order chi connectivity index (χ1) is 12.7. The van der Waals surface area contributed by atoms with E-state index in [2.05, 4.69) is 16.1 Å². The van der Waals surface area contributed by atoms with Gasteiger partial charge in [-0.1, -0.05) is 17.2 Å². The normalized spacial score (nSPS) is 15.3. The number of ketones is 1. The molecular formula is C20H16N2O4. The van der Waals surface area contributed by atoms with Crippen LogP contribution in [-0.4, -0.2) is 37.3 Å². The third kappa shape index (κ3) is 2.29. The first-order valence-electron chi connectivity index (χ1n) is 8.05. The fourth-order valence-electron chi connectivity index (χ4n) is 3.35. The maximum atomic E-state index is 12.4. The fourth-order valence-corrected chi connectivity index (χ4v) is 3.35. The summed E-state index contributed by atoms with van der Waals surface area (Å²) in [5, 5.41) is 7.73. The fraction of sp³-hybridized carbons (Fsp3) is 0.200. The number of H-pyrrole nitrogens is 1. The molecule has 1 aromatic heterocycles. The lowest BCUT2D eigenvalue weighted by Crippen LogP contribution is -2.28. The predicted molar refractivity (Wildman–Crippen MR) is 96.2 cm³/mol. The van der Waals surface area contributed by atoms with Crippen LogP contribution in [0.3, 0.4) is 0 Å². The van der Waals surface area contributed by atoms with Gasteiger partial charge in [0, 0.05) is 28.1 Å². The topological polar surface area (TPSA) is 72.9 Å². The minimum absolute atomic E-state index is 0.0147. The van der Waals surface area contributed by atoms with Crippen LogP contribution < -0.4 is 20.0 Å². The molecule has 2 aromatic rings. The summed E-state index contributed by atoms with van der Waals surface area (Å²) in [6.07, 6.45) is 9.32. The van der Waals surface area contributed by atoms with E-state index in [0.29, 0.717) is 17.2 Å². The van der Waals surface area contributed by atoms with E-state index in [-0.39, 0.29) is 18.8 Å². The van der Waals surface area contributed by atoms with Crippen LogP contribution in [0.1, 0.15) is 17.5 Å². The Bertz CT molecular complexity index is 1210. The molecule has 26 heavy (non-hydrogen) atoms. The number of carbonyl (C=O) groups excluding carboxylic acids is 1. The van der Waals surface area contributed by atoms with Crippen molar-refractivity contribution in [3.63, 3.8) is 0 Å². The highest BCUT2D eigenvalue weighted by atomic mass is 16.6. The Kier molecular flexibility index (Phi) is 3.77. The third-order valence-electron chi connectivity index (χ3n) is 4.49. The van der Waals surface area contributed by atoms with Crippen LogP contribution in [0.15, 0.2) is 17.3 Å². The van der Waals surface area contributed by atoms with Crippen molar-refractivity contribution in [3.8, 4) is 23.8 Å². The van der Waals surface area contributed by atoms with Crippen LogP contribution >= 0.6 is 0 Å². The minimum atomic E-state index is -0.101. The van der Waals surface area contributed by atoms with Crippen LogP contribution in [-0.2, 0) is 9.63 Å². The first-order valence-corrected chi connectivity index (χ1v) is 8.05. The number of hydrogen-bond acceptors (Lipinski definition) is 5. The van der Waals surface area contributed by atoms with Crippen molar-refractivity contribution >= 4 is 23.6 Å². The van der Waals surface area contributed by atoms with E-state index in [9.17, 15) is 4.79 Å². The lowest BCUT2D eigenvalue weighted by Gasteiger charge is -2.08. The quantitative estimate of drug-likeness (QED) is 0.425. The van der Waals surface area contributed by atoms with Gasteiger partial charge in [0.05, 0.1) is 19.6 Å². The number of nitrogens with zero attached hydrogens (tertiary/aromatic N) is 1. The Balaban J connectivity index is 2.00. The van der Waals surface area contributed by atoms with Gasteiger partial charge in [-0.25, -0.2) is 0 Å². The van der Waals surface area contributed by atoms with E-state index in [1.807, 2.05) is 24.3 Å². The second kappa shape index (κ2) is 6.12. The molecule has 0 spiro atoms. The molecule has 6 nitrogen and oxygen atoms in total. The molecule has 0 radical (unpaired) electrons. The third-order valence-corrected chi connectivity index (χ3v) is 4.49. The van der Waals surface area contributed by atoms with Crippen LogP contribution in [0, 0.1) is 22.9 Å². The van der Waals surface area contributed by atoms with Crippen molar-refractivity contribution in [2.45, 2.75) is 6.42 Å². The second-order valence-corrected chi connectivity index (χ2v) is 5.89. The Morgan fingerprint density at radius 3 is 2.77 bits per heavy atom. The molecular weight excluding hydrogens is 332 g/mol. The number of rotatable bonds is 4. The number of ether oxygens (including phenoxy) is 2. The number of fused-ring (bicyclic) bond motifs is 4.